The number of hydrogen-bond donors (Lipinski definition) is 1. The van der Waals surface area contributed by atoms with Crippen molar-refractivity contribution in [3.8, 4) is 0 Å². The zero-order valence-electron chi connectivity index (χ0n) is 9.95. The maximum absolute atomic E-state index is 5.86. The van der Waals surface area contributed by atoms with Crippen molar-refractivity contribution in [1.29, 1.82) is 0 Å². The number of fused-ring (bicyclic) bond motifs is 2. The van der Waals surface area contributed by atoms with Crippen molar-refractivity contribution in [3.05, 3.63) is 29.3 Å². The Kier molecular flexibility index (Phi) is 2.40. The summed E-state index contributed by atoms with van der Waals surface area (Å²) in [6.07, 6.45) is 4.21. The number of anilines is 1. The molecule has 0 aromatic heterocycles. The third kappa shape index (κ3) is 1.52. The van der Waals surface area contributed by atoms with Crippen LogP contribution in [0.25, 0.3) is 0 Å². The molecule has 1 heterocycles. The lowest BCUT2D eigenvalue weighted by atomic mass is 10.1. The van der Waals surface area contributed by atoms with E-state index in [9.17, 15) is 0 Å². The second kappa shape index (κ2) is 3.77. The summed E-state index contributed by atoms with van der Waals surface area (Å²) in [4.78, 5) is 2.59. The van der Waals surface area contributed by atoms with E-state index in [0.29, 0.717) is 6.54 Å². The van der Waals surface area contributed by atoms with Crippen molar-refractivity contribution in [1.82, 2.24) is 0 Å². The van der Waals surface area contributed by atoms with Crippen LogP contribution >= 0.6 is 0 Å². The van der Waals surface area contributed by atoms with Crippen LogP contribution in [0.2, 0.25) is 0 Å². The summed E-state index contributed by atoms with van der Waals surface area (Å²) < 4.78 is 0. The number of aryl methyl sites for hydroxylation is 1. The Bertz CT molecular complexity index is 400. The van der Waals surface area contributed by atoms with Crippen LogP contribution in [0.15, 0.2) is 18.2 Å². The van der Waals surface area contributed by atoms with Crippen molar-refractivity contribution in [2.24, 2.45) is 11.7 Å². The molecular weight excluding hydrogens is 196 g/mol. The predicted octanol–water partition coefficient (Wildman–Crippen LogP) is 2.44. The van der Waals surface area contributed by atoms with Gasteiger partial charge in [0.05, 0.1) is 0 Å². The minimum Gasteiger partial charge on any atom is -0.368 e. The zero-order valence-corrected chi connectivity index (χ0v) is 9.95. The van der Waals surface area contributed by atoms with Gasteiger partial charge in [0.25, 0.3) is 0 Å². The molecule has 86 valence electrons. The molecule has 0 amide bonds. The first-order valence-corrected chi connectivity index (χ1v) is 6.34. The molecule has 2 aliphatic rings. The molecule has 2 atom stereocenters. The Morgan fingerprint density at radius 3 is 2.88 bits per heavy atom. The third-order valence-electron chi connectivity index (χ3n) is 4.17. The fourth-order valence-electron chi connectivity index (χ4n) is 3.38. The summed E-state index contributed by atoms with van der Waals surface area (Å²) >= 11 is 0. The average molecular weight is 216 g/mol. The van der Waals surface area contributed by atoms with Crippen LogP contribution in [0.4, 0.5) is 5.69 Å². The number of piperidine rings is 1. The van der Waals surface area contributed by atoms with E-state index in [0.717, 1.165) is 12.0 Å². The molecule has 1 saturated heterocycles. The zero-order chi connectivity index (χ0) is 11.1. The fourth-order valence-corrected chi connectivity index (χ4v) is 3.38. The van der Waals surface area contributed by atoms with Gasteiger partial charge in [0.2, 0.25) is 0 Å². The molecule has 1 aliphatic heterocycles. The smallest absolute Gasteiger partial charge is 0.0414 e. The highest BCUT2D eigenvalue weighted by atomic mass is 15.2. The highest BCUT2D eigenvalue weighted by molar-refractivity contribution is 5.57. The van der Waals surface area contributed by atoms with E-state index in [4.69, 9.17) is 5.73 Å². The molecule has 2 heteroatoms. The number of nitrogens with two attached hydrogens (primary N) is 1. The number of benzene rings is 1. The molecule has 2 fully saturated rings. The molecule has 2 bridgehead atoms. The molecule has 1 aliphatic carbocycles. The first-order chi connectivity index (χ1) is 7.78. The summed E-state index contributed by atoms with van der Waals surface area (Å²) in [7, 11) is 0. The largest absolute Gasteiger partial charge is 0.368 e. The van der Waals surface area contributed by atoms with Gasteiger partial charge in [0.15, 0.2) is 0 Å². The van der Waals surface area contributed by atoms with Crippen LogP contribution in [0.3, 0.4) is 0 Å². The number of nitrogens with zero attached hydrogens (tertiary/aromatic N) is 1. The molecule has 0 spiro atoms. The summed E-state index contributed by atoms with van der Waals surface area (Å²) in [6, 6.07) is 7.50. The van der Waals surface area contributed by atoms with Gasteiger partial charge in [0.1, 0.15) is 0 Å². The van der Waals surface area contributed by atoms with Crippen LogP contribution in [0.5, 0.6) is 0 Å². The predicted molar refractivity (Wildman–Crippen MR) is 67.5 cm³/mol. The Morgan fingerprint density at radius 2 is 2.25 bits per heavy atom. The van der Waals surface area contributed by atoms with Gasteiger partial charge in [0, 0.05) is 24.8 Å². The lowest BCUT2D eigenvalue weighted by Crippen LogP contribution is -2.32. The summed E-state index contributed by atoms with van der Waals surface area (Å²) in [5.41, 5.74) is 9.87. The molecule has 2 unspecified atom stereocenters. The van der Waals surface area contributed by atoms with Crippen molar-refractivity contribution < 1.29 is 0 Å². The molecule has 2 nitrogen and oxygen atoms in total. The van der Waals surface area contributed by atoms with E-state index in [-0.39, 0.29) is 0 Å². The quantitative estimate of drug-likeness (QED) is 0.822. The van der Waals surface area contributed by atoms with Gasteiger partial charge in [-0.1, -0.05) is 17.7 Å². The molecule has 16 heavy (non-hydrogen) atoms. The average Bonchev–Trinajstić information content (AvgIpc) is 2.90. The van der Waals surface area contributed by atoms with Crippen molar-refractivity contribution in [2.75, 3.05) is 11.4 Å². The van der Waals surface area contributed by atoms with Crippen LogP contribution in [-0.2, 0) is 6.54 Å². The molecule has 2 N–H and O–H groups in total. The van der Waals surface area contributed by atoms with Gasteiger partial charge < -0.3 is 10.6 Å². The Morgan fingerprint density at radius 1 is 1.38 bits per heavy atom. The molecular formula is C14H20N2. The van der Waals surface area contributed by atoms with Crippen molar-refractivity contribution in [2.45, 2.75) is 38.8 Å². The Labute approximate surface area is 97.4 Å². The first kappa shape index (κ1) is 10.2. The highest BCUT2D eigenvalue weighted by Gasteiger charge is 2.38. The Hall–Kier alpha value is -1.02. The van der Waals surface area contributed by atoms with Crippen molar-refractivity contribution in [3.63, 3.8) is 0 Å². The van der Waals surface area contributed by atoms with E-state index in [2.05, 4.69) is 30.0 Å². The molecule has 1 aromatic rings. The molecule has 3 rings (SSSR count). The highest BCUT2D eigenvalue weighted by Crippen LogP contribution is 2.41. The maximum atomic E-state index is 5.86. The van der Waals surface area contributed by atoms with Crippen LogP contribution in [-0.4, -0.2) is 12.6 Å². The van der Waals surface area contributed by atoms with E-state index >= 15 is 0 Å². The summed E-state index contributed by atoms with van der Waals surface area (Å²) in [6.45, 7) is 4.05. The van der Waals surface area contributed by atoms with Gasteiger partial charge in [-0.2, -0.15) is 0 Å². The third-order valence-corrected chi connectivity index (χ3v) is 4.17. The minimum atomic E-state index is 0.658. The topological polar surface area (TPSA) is 29.3 Å². The molecule has 1 aromatic carbocycles. The monoisotopic (exact) mass is 216 g/mol. The van der Waals surface area contributed by atoms with E-state index in [1.807, 2.05) is 0 Å². The number of hydrogen-bond acceptors (Lipinski definition) is 2. The van der Waals surface area contributed by atoms with Gasteiger partial charge in [-0.25, -0.2) is 0 Å². The Balaban J connectivity index is 1.94. The fraction of sp³-hybridized carbons (Fsp3) is 0.571. The summed E-state index contributed by atoms with van der Waals surface area (Å²) in [5, 5.41) is 0. The minimum absolute atomic E-state index is 0.658. The molecule has 1 saturated carbocycles. The van der Waals surface area contributed by atoms with E-state index in [1.54, 1.807) is 0 Å². The SMILES string of the molecule is Cc1ccc(N2CC3CCC2C3)c(CN)c1. The van der Waals surface area contributed by atoms with Crippen LogP contribution in [0, 0.1) is 12.8 Å². The van der Waals surface area contributed by atoms with Gasteiger partial charge in [-0.15, -0.1) is 0 Å². The standard InChI is InChI=1S/C14H20N2/c1-10-2-5-14(12(6-10)8-15)16-9-11-3-4-13(16)7-11/h2,5-6,11,13H,3-4,7-9,15H2,1H3. The van der Waals surface area contributed by atoms with Crippen LogP contribution < -0.4 is 10.6 Å². The maximum Gasteiger partial charge on any atom is 0.0414 e. The first-order valence-electron chi connectivity index (χ1n) is 6.34. The normalized spacial score (nSPS) is 27.8. The lowest BCUT2D eigenvalue weighted by Gasteiger charge is -2.31. The van der Waals surface area contributed by atoms with Gasteiger partial charge in [-0.05, 0) is 43.7 Å². The van der Waals surface area contributed by atoms with Crippen molar-refractivity contribution >= 4 is 5.69 Å². The lowest BCUT2D eigenvalue weighted by molar-refractivity contribution is 0.552. The second-order valence-electron chi connectivity index (χ2n) is 5.32. The van der Waals surface area contributed by atoms with E-state index in [1.165, 1.54) is 42.6 Å². The number of rotatable bonds is 2. The van der Waals surface area contributed by atoms with Gasteiger partial charge >= 0.3 is 0 Å². The van der Waals surface area contributed by atoms with Crippen LogP contribution in [0.1, 0.15) is 30.4 Å². The van der Waals surface area contributed by atoms with Gasteiger partial charge in [-0.3, -0.25) is 0 Å². The molecule has 0 radical (unpaired) electrons. The second-order valence-corrected chi connectivity index (χ2v) is 5.32. The summed E-state index contributed by atoms with van der Waals surface area (Å²) in [5.74, 6) is 0.942. The van der Waals surface area contributed by atoms with E-state index < -0.39 is 0 Å².